The van der Waals surface area contributed by atoms with Crippen molar-refractivity contribution in [1.29, 1.82) is 0 Å². The summed E-state index contributed by atoms with van der Waals surface area (Å²) in [6.07, 6.45) is -0.985. The molecular formula is C14H14O9. The summed E-state index contributed by atoms with van der Waals surface area (Å²) in [6, 6.07) is 5.26. The van der Waals surface area contributed by atoms with E-state index in [4.69, 9.17) is 0 Å². The van der Waals surface area contributed by atoms with Crippen molar-refractivity contribution in [3.05, 3.63) is 35.4 Å². The Hall–Kier alpha value is -3.10. The molecule has 0 aliphatic heterocycles. The second kappa shape index (κ2) is 9.03. The number of esters is 3. The summed E-state index contributed by atoms with van der Waals surface area (Å²) in [5, 5.41) is 0. The Kier molecular flexibility index (Phi) is 7.05. The molecule has 0 unspecified atom stereocenters. The van der Waals surface area contributed by atoms with Crippen molar-refractivity contribution in [3.63, 3.8) is 0 Å². The third-order valence-corrected chi connectivity index (χ3v) is 2.44. The molecule has 124 valence electrons. The van der Waals surface area contributed by atoms with Crippen LogP contribution in [0.5, 0.6) is 0 Å². The van der Waals surface area contributed by atoms with Crippen molar-refractivity contribution in [2.24, 2.45) is 0 Å². The summed E-state index contributed by atoms with van der Waals surface area (Å²) in [4.78, 5) is 44.7. The molecule has 0 atom stereocenters. The van der Waals surface area contributed by atoms with Crippen LogP contribution in [0.15, 0.2) is 24.3 Å². The van der Waals surface area contributed by atoms with E-state index in [2.05, 4.69) is 23.7 Å². The van der Waals surface area contributed by atoms with E-state index in [1.165, 1.54) is 31.4 Å². The van der Waals surface area contributed by atoms with Crippen LogP contribution in [0.25, 0.3) is 0 Å². The second-order valence-corrected chi connectivity index (χ2v) is 3.88. The highest BCUT2D eigenvalue weighted by molar-refractivity contribution is 5.93. The monoisotopic (exact) mass is 326 g/mol. The molecular weight excluding hydrogens is 312 g/mol. The van der Waals surface area contributed by atoms with Crippen LogP contribution < -0.4 is 0 Å². The van der Waals surface area contributed by atoms with E-state index in [0.717, 1.165) is 7.11 Å². The van der Waals surface area contributed by atoms with E-state index in [0.29, 0.717) is 0 Å². The van der Waals surface area contributed by atoms with Gasteiger partial charge in [-0.15, -0.1) is 0 Å². The quantitative estimate of drug-likeness (QED) is 0.427. The Balaban J connectivity index is 2.52. The van der Waals surface area contributed by atoms with Crippen molar-refractivity contribution >= 4 is 24.1 Å². The maximum Gasteiger partial charge on any atom is 0.510 e. The minimum absolute atomic E-state index is 0.128. The molecule has 0 bridgehead atoms. The van der Waals surface area contributed by atoms with Crippen LogP contribution >= 0.6 is 0 Å². The van der Waals surface area contributed by atoms with Crippen LogP contribution in [-0.4, -0.2) is 51.7 Å². The van der Waals surface area contributed by atoms with Gasteiger partial charge in [-0.1, -0.05) is 0 Å². The Labute approximate surface area is 131 Å². The first-order valence-electron chi connectivity index (χ1n) is 6.19. The predicted molar refractivity (Wildman–Crippen MR) is 72.5 cm³/mol. The zero-order chi connectivity index (χ0) is 17.2. The molecule has 1 aromatic carbocycles. The fourth-order valence-corrected chi connectivity index (χ4v) is 1.28. The highest BCUT2D eigenvalue weighted by Crippen LogP contribution is 2.08. The first-order valence-corrected chi connectivity index (χ1v) is 6.19. The van der Waals surface area contributed by atoms with Gasteiger partial charge in [-0.2, -0.15) is 0 Å². The van der Waals surface area contributed by atoms with Crippen LogP contribution in [-0.2, 0) is 28.5 Å². The predicted octanol–water partition coefficient (Wildman–Crippen LogP) is 0.914. The van der Waals surface area contributed by atoms with Crippen molar-refractivity contribution in [1.82, 2.24) is 0 Å². The van der Waals surface area contributed by atoms with Crippen molar-refractivity contribution < 1.29 is 42.9 Å². The third kappa shape index (κ3) is 6.04. The van der Waals surface area contributed by atoms with Gasteiger partial charge >= 0.3 is 24.1 Å². The number of carbonyl (C=O) groups excluding carboxylic acids is 4. The van der Waals surface area contributed by atoms with E-state index in [1.807, 2.05) is 0 Å². The average Bonchev–Trinajstić information content (AvgIpc) is 2.58. The standard InChI is InChI=1S/C14H14O9/c1-19-11(15)7-21-12(16)9-3-5-10(6-4-9)13(17)22-8-23-14(18)20-2/h3-6H,7-8H2,1-2H3. The molecule has 0 saturated carbocycles. The third-order valence-electron chi connectivity index (χ3n) is 2.44. The molecule has 0 spiro atoms. The molecule has 23 heavy (non-hydrogen) atoms. The maximum absolute atomic E-state index is 11.6. The number of methoxy groups -OCH3 is 2. The summed E-state index contributed by atoms with van der Waals surface area (Å²) < 4.78 is 22.2. The minimum Gasteiger partial charge on any atom is -0.466 e. The maximum atomic E-state index is 11.6. The molecule has 1 rings (SSSR count). The molecule has 1 aromatic rings. The highest BCUT2D eigenvalue weighted by Gasteiger charge is 2.13. The molecule has 0 heterocycles. The van der Waals surface area contributed by atoms with Gasteiger partial charge in [-0.25, -0.2) is 19.2 Å². The Morgan fingerprint density at radius 3 is 1.78 bits per heavy atom. The van der Waals surface area contributed by atoms with Gasteiger partial charge in [0.15, 0.2) is 6.61 Å². The summed E-state index contributed by atoms with van der Waals surface area (Å²) in [5.74, 6) is -2.20. The van der Waals surface area contributed by atoms with Gasteiger partial charge in [0.05, 0.1) is 25.3 Å². The summed E-state index contributed by atoms with van der Waals surface area (Å²) in [7, 11) is 2.28. The molecule has 0 aliphatic carbocycles. The summed E-state index contributed by atoms with van der Waals surface area (Å²) >= 11 is 0. The topological polar surface area (TPSA) is 114 Å². The number of ether oxygens (including phenoxy) is 5. The molecule has 0 radical (unpaired) electrons. The van der Waals surface area contributed by atoms with Crippen LogP contribution in [0, 0.1) is 0 Å². The van der Waals surface area contributed by atoms with Crippen molar-refractivity contribution in [2.75, 3.05) is 27.6 Å². The highest BCUT2D eigenvalue weighted by atomic mass is 16.8. The minimum atomic E-state index is -0.985. The lowest BCUT2D eigenvalue weighted by Crippen LogP contribution is -2.15. The normalized spacial score (nSPS) is 9.48. The van der Waals surface area contributed by atoms with Gasteiger partial charge in [0.25, 0.3) is 0 Å². The lowest BCUT2D eigenvalue weighted by Gasteiger charge is -2.06. The fourth-order valence-electron chi connectivity index (χ4n) is 1.28. The van der Waals surface area contributed by atoms with E-state index in [-0.39, 0.29) is 11.1 Å². The molecule has 0 fully saturated rings. The fraction of sp³-hybridized carbons (Fsp3) is 0.286. The van der Waals surface area contributed by atoms with Gasteiger partial charge in [-0.3, -0.25) is 0 Å². The van der Waals surface area contributed by atoms with Crippen molar-refractivity contribution in [2.45, 2.75) is 0 Å². The van der Waals surface area contributed by atoms with Crippen LogP contribution in [0.1, 0.15) is 20.7 Å². The second-order valence-electron chi connectivity index (χ2n) is 3.88. The molecule has 9 nitrogen and oxygen atoms in total. The largest absolute Gasteiger partial charge is 0.510 e. The molecule has 9 heteroatoms. The van der Waals surface area contributed by atoms with Crippen molar-refractivity contribution in [3.8, 4) is 0 Å². The van der Waals surface area contributed by atoms with Gasteiger partial charge in [0, 0.05) is 0 Å². The summed E-state index contributed by atoms with van der Waals surface area (Å²) in [6.45, 7) is -1.11. The molecule has 0 aliphatic rings. The number of hydrogen-bond donors (Lipinski definition) is 0. The van der Waals surface area contributed by atoms with E-state index < -0.39 is 37.5 Å². The number of rotatable bonds is 6. The van der Waals surface area contributed by atoms with Gasteiger partial charge in [0.1, 0.15) is 0 Å². The SMILES string of the molecule is COC(=O)COC(=O)c1ccc(C(=O)OCOC(=O)OC)cc1. The van der Waals surface area contributed by atoms with E-state index in [9.17, 15) is 19.2 Å². The molecule has 0 amide bonds. The Bertz CT molecular complexity index is 576. The molecule has 0 aromatic heterocycles. The number of carbonyl (C=O) groups is 4. The van der Waals surface area contributed by atoms with Gasteiger partial charge < -0.3 is 23.7 Å². The lowest BCUT2D eigenvalue weighted by molar-refractivity contribution is -0.144. The van der Waals surface area contributed by atoms with Crippen LogP contribution in [0.4, 0.5) is 4.79 Å². The molecule has 0 saturated heterocycles. The summed E-state index contributed by atoms with van der Waals surface area (Å²) in [5.41, 5.74) is 0.263. The first kappa shape index (κ1) is 18.0. The number of benzene rings is 1. The number of hydrogen-bond acceptors (Lipinski definition) is 9. The van der Waals surface area contributed by atoms with Gasteiger partial charge in [-0.05, 0) is 24.3 Å². The van der Waals surface area contributed by atoms with E-state index in [1.54, 1.807) is 0 Å². The van der Waals surface area contributed by atoms with Crippen LogP contribution in [0.3, 0.4) is 0 Å². The van der Waals surface area contributed by atoms with Gasteiger partial charge in [0.2, 0.25) is 6.79 Å². The van der Waals surface area contributed by atoms with E-state index >= 15 is 0 Å². The molecule has 0 N–H and O–H groups in total. The Morgan fingerprint density at radius 1 is 0.783 bits per heavy atom. The Morgan fingerprint density at radius 2 is 1.30 bits per heavy atom. The zero-order valence-electron chi connectivity index (χ0n) is 12.4. The lowest BCUT2D eigenvalue weighted by atomic mass is 10.1. The average molecular weight is 326 g/mol. The van der Waals surface area contributed by atoms with Crippen LogP contribution in [0.2, 0.25) is 0 Å². The smallest absolute Gasteiger partial charge is 0.466 e. The zero-order valence-corrected chi connectivity index (χ0v) is 12.4. The first-order chi connectivity index (χ1) is 11.0.